The van der Waals surface area contributed by atoms with E-state index in [0.29, 0.717) is 38.3 Å². The van der Waals surface area contributed by atoms with E-state index in [0.717, 1.165) is 30.0 Å². The van der Waals surface area contributed by atoms with Crippen molar-refractivity contribution in [2.75, 3.05) is 20.7 Å². The van der Waals surface area contributed by atoms with Gasteiger partial charge in [-0.15, -0.1) is 0 Å². The Bertz CT molecular complexity index is 1480. The number of carbonyl (C=O) groups excluding carboxylic acids is 1. The molecule has 1 aliphatic heterocycles. The summed E-state index contributed by atoms with van der Waals surface area (Å²) in [7, 11) is 3.70. The summed E-state index contributed by atoms with van der Waals surface area (Å²) in [6, 6.07) is 10.0. The maximum Gasteiger partial charge on any atom is 0.196 e. The molecule has 1 atom stereocenters. The fourth-order valence-electron chi connectivity index (χ4n) is 4.38. The van der Waals surface area contributed by atoms with E-state index in [4.69, 9.17) is 16.3 Å². The van der Waals surface area contributed by atoms with Crippen molar-refractivity contribution in [1.82, 2.24) is 14.7 Å². The first kappa shape index (κ1) is 23.9. The summed E-state index contributed by atoms with van der Waals surface area (Å²) in [5.74, 6) is -0.768. The highest BCUT2D eigenvalue weighted by Crippen LogP contribution is 2.40. The summed E-state index contributed by atoms with van der Waals surface area (Å²) in [5.41, 5.74) is 1.36. The minimum atomic E-state index is -0.483. The lowest BCUT2D eigenvalue weighted by molar-refractivity contribution is -0.0391. The number of halogens is 3. The second-order valence-electron chi connectivity index (χ2n) is 8.74. The second-order valence-corrected chi connectivity index (χ2v) is 10.0. The van der Waals surface area contributed by atoms with Crippen LogP contribution in [0.5, 0.6) is 0 Å². The number of fused-ring (bicyclic) bond motifs is 2. The highest BCUT2D eigenvalue weighted by atomic mass is 79.9. The Kier molecular flexibility index (Phi) is 6.61. The number of aromatic nitrogens is 2. The van der Waals surface area contributed by atoms with Gasteiger partial charge in [-0.2, -0.15) is 5.10 Å². The van der Waals surface area contributed by atoms with Crippen LogP contribution in [-0.4, -0.2) is 47.5 Å². The fourth-order valence-corrected chi connectivity index (χ4v) is 5.42. The van der Waals surface area contributed by atoms with Gasteiger partial charge >= 0.3 is 0 Å². The molecule has 1 unspecified atom stereocenters. The Labute approximate surface area is 215 Å². The molecule has 1 aromatic heterocycles. The maximum absolute atomic E-state index is 14.7. The fraction of sp³-hybridized carbons (Fsp3) is 0.269. The van der Waals surface area contributed by atoms with Gasteiger partial charge in [0.2, 0.25) is 0 Å². The molecule has 1 saturated heterocycles. The zero-order valence-corrected chi connectivity index (χ0v) is 21.6. The number of aliphatic imine (C=N–C) groups is 1. The van der Waals surface area contributed by atoms with Crippen molar-refractivity contribution in [3.63, 3.8) is 0 Å². The standard InChI is InChI=1S/C26H23BrClFN4O2/c1-32(2)14-30-24-16-6-5-7-20(28)23(16)19(27)12-17(24)26(34)15-9-10-21(29)25-18(15)13-33(31-25)22-8-3-4-11-35-22/h5-7,9-10,12-14,22H,3-4,8,11H2,1-2H3. The average Bonchev–Trinajstić information content (AvgIpc) is 3.30. The van der Waals surface area contributed by atoms with E-state index in [2.05, 4.69) is 26.0 Å². The van der Waals surface area contributed by atoms with Gasteiger partial charge in [0.05, 0.1) is 17.6 Å². The quantitative estimate of drug-likeness (QED) is 0.152. The molecule has 4 aromatic rings. The van der Waals surface area contributed by atoms with Crippen molar-refractivity contribution in [1.29, 1.82) is 0 Å². The molecule has 9 heteroatoms. The van der Waals surface area contributed by atoms with Crippen molar-refractivity contribution in [3.05, 3.63) is 69.0 Å². The predicted octanol–water partition coefficient (Wildman–Crippen LogP) is 6.90. The largest absolute Gasteiger partial charge is 0.369 e. The molecule has 1 fully saturated rings. The van der Waals surface area contributed by atoms with E-state index >= 15 is 0 Å². The third-order valence-corrected chi connectivity index (χ3v) is 6.98. The lowest BCUT2D eigenvalue weighted by atomic mass is 9.95. The van der Waals surface area contributed by atoms with Crippen molar-refractivity contribution in [2.24, 2.45) is 4.99 Å². The molecule has 5 rings (SSSR count). The summed E-state index contributed by atoms with van der Waals surface area (Å²) < 4.78 is 22.9. The van der Waals surface area contributed by atoms with Crippen LogP contribution in [0.2, 0.25) is 5.02 Å². The van der Waals surface area contributed by atoms with E-state index in [-0.39, 0.29) is 17.5 Å². The number of hydrogen-bond acceptors (Lipinski definition) is 4. The molecule has 0 radical (unpaired) electrons. The van der Waals surface area contributed by atoms with Crippen LogP contribution in [0.15, 0.2) is 52.1 Å². The highest BCUT2D eigenvalue weighted by Gasteiger charge is 2.24. The second kappa shape index (κ2) is 9.68. The Morgan fingerprint density at radius 2 is 2.09 bits per heavy atom. The monoisotopic (exact) mass is 556 g/mol. The van der Waals surface area contributed by atoms with Crippen molar-refractivity contribution < 1.29 is 13.9 Å². The zero-order chi connectivity index (χ0) is 24.7. The molecule has 3 aromatic carbocycles. The molecule has 0 N–H and O–H groups in total. The molecule has 0 spiro atoms. The molecular weight excluding hydrogens is 535 g/mol. The summed E-state index contributed by atoms with van der Waals surface area (Å²) in [6.07, 6.45) is 5.87. The topological polar surface area (TPSA) is 59.7 Å². The van der Waals surface area contributed by atoms with Crippen LogP contribution in [0.4, 0.5) is 10.1 Å². The van der Waals surface area contributed by atoms with Crippen LogP contribution >= 0.6 is 27.5 Å². The van der Waals surface area contributed by atoms with Crippen molar-refractivity contribution in [2.45, 2.75) is 25.5 Å². The van der Waals surface area contributed by atoms with Gasteiger partial charge in [0.15, 0.2) is 11.6 Å². The third-order valence-electron chi connectivity index (χ3n) is 6.04. The van der Waals surface area contributed by atoms with Gasteiger partial charge < -0.3 is 9.64 Å². The number of ether oxygens (including phenoxy) is 1. The van der Waals surface area contributed by atoms with E-state index in [9.17, 15) is 9.18 Å². The summed E-state index contributed by atoms with van der Waals surface area (Å²) in [4.78, 5) is 20.4. The number of benzene rings is 3. The van der Waals surface area contributed by atoms with Crippen LogP contribution in [-0.2, 0) is 4.74 Å². The minimum absolute atomic E-state index is 0.145. The molecule has 0 amide bonds. The van der Waals surface area contributed by atoms with Crippen LogP contribution in [0.3, 0.4) is 0 Å². The SMILES string of the molecule is CN(C)C=Nc1c(C(=O)c2ccc(F)c3nn(C4CCCCO4)cc23)cc(Br)c2c(Cl)cccc12. The molecule has 0 bridgehead atoms. The van der Waals surface area contributed by atoms with Crippen LogP contribution in [0.25, 0.3) is 21.7 Å². The Hall–Kier alpha value is -2.81. The van der Waals surface area contributed by atoms with E-state index in [1.807, 2.05) is 26.2 Å². The van der Waals surface area contributed by atoms with E-state index in [1.165, 1.54) is 12.1 Å². The van der Waals surface area contributed by atoms with Crippen LogP contribution in [0.1, 0.15) is 41.4 Å². The van der Waals surface area contributed by atoms with Gasteiger partial charge in [-0.1, -0.05) is 39.7 Å². The van der Waals surface area contributed by atoms with Crippen LogP contribution < -0.4 is 0 Å². The number of rotatable bonds is 5. The molecule has 2 heterocycles. The van der Waals surface area contributed by atoms with Crippen LogP contribution in [0, 0.1) is 5.82 Å². The van der Waals surface area contributed by atoms with Gasteiger partial charge in [0.1, 0.15) is 11.7 Å². The van der Waals surface area contributed by atoms with Gasteiger partial charge in [-0.3, -0.25) is 4.79 Å². The summed E-state index contributed by atoms with van der Waals surface area (Å²) in [5, 5.41) is 6.92. The molecular formula is C26H23BrClFN4O2. The van der Waals surface area contributed by atoms with E-state index < -0.39 is 5.82 Å². The third kappa shape index (κ3) is 4.46. The zero-order valence-electron chi connectivity index (χ0n) is 19.3. The van der Waals surface area contributed by atoms with Gasteiger partial charge in [0.25, 0.3) is 0 Å². The molecule has 180 valence electrons. The lowest BCUT2D eigenvalue weighted by Crippen LogP contribution is -2.18. The predicted molar refractivity (Wildman–Crippen MR) is 140 cm³/mol. The number of carbonyl (C=O) groups is 1. The normalized spacial score (nSPS) is 16.4. The Morgan fingerprint density at radius 3 is 2.83 bits per heavy atom. The molecule has 0 aliphatic carbocycles. The van der Waals surface area contributed by atoms with E-state index in [1.54, 1.807) is 34.2 Å². The lowest BCUT2D eigenvalue weighted by Gasteiger charge is -2.22. The average molecular weight is 558 g/mol. The molecule has 1 aliphatic rings. The number of nitrogens with zero attached hydrogens (tertiary/aromatic N) is 4. The Balaban J connectivity index is 1.70. The van der Waals surface area contributed by atoms with Gasteiger partial charge in [0, 0.05) is 58.1 Å². The molecule has 35 heavy (non-hydrogen) atoms. The van der Waals surface area contributed by atoms with Crippen molar-refractivity contribution in [3.8, 4) is 0 Å². The minimum Gasteiger partial charge on any atom is -0.369 e. The number of ketones is 1. The summed E-state index contributed by atoms with van der Waals surface area (Å²) >= 11 is 10.1. The first-order chi connectivity index (χ1) is 16.8. The van der Waals surface area contributed by atoms with Gasteiger partial charge in [-0.05, 0) is 43.5 Å². The highest BCUT2D eigenvalue weighted by molar-refractivity contribution is 9.10. The first-order valence-electron chi connectivity index (χ1n) is 11.3. The molecule has 0 saturated carbocycles. The summed E-state index contributed by atoms with van der Waals surface area (Å²) in [6.45, 7) is 0.635. The smallest absolute Gasteiger partial charge is 0.196 e. The van der Waals surface area contributed by atoms with Gasteiger partial charge in [-0.25, -0.2) is 14.1 Å². The van der Waals surface area contributed by atoms with Crippen molar-refractivity contribution >= 4 is 67.0 Å². The number of hydrogen-bond donors (Lipinski definition) is 0. The maximum atomic E-state index is 14.7. The Morgan fingerprint density at radius 1 is 1.26 bits per heavy atom. The first-order valence-corrected chi connectivity index (χ1v) is 12.5. The molecule has 6 nitrogen and oxygen atoms in total.